The number of anilines is 2. The number of thiazole rings is 1. The number of alkyl halides is 6. The fourth-order valence-electron chi connectivity index (χ4n) is 2.74. The maximum absolute atomic E-state index is 10.6. The minimum Gasteiger partial charge on any atom is -0.475 e. The van der Waals surface area contributed by atoms with Gasteiger partial charge in [-0.05, 0) is 18.2 Å². The predicted molar refractivity (Wildman–Crippen MR) is 123 cm³/mol. The van der Waals surface area contributed by atoms with Crippen molar-refractivity contribution in [2.75, 3.05) is 25.1 Å². The van der Waals surface area contributed by atoms with Gasteiger partial charge >= 0.3 is 24.3 Å². The number of hydrogen-bond acceptors (Lipinski definition) is 10. The summed E-state index contributed by atoms with van der Waals surface area (Å²) in [6.07, 6.45) is -4.82. The van der Waals surface area contributed by atoms with Gasteiger partial charge in [0.05, 0.1) is 25.8 Å². The van der Waals surface area contributed by atoms with Crippen molar-refractivity contribution in [3.8, 4) is 0 Å². The third kappa shape index (κ3) is 11.2. The van der Waals surface area contributed by atoms with E-state index in [2.05, 4.69) is 30.2 Å². The summed E-state index contributed by atoms with van der Waals surface area (Å²) in [5.74, 6) is -3.28. The van der Waals surface area contributed by atoms with Crippen LogP contribution in [0.25, 0.3) is 0 Å². The van der Waals surface area contributed by atoms with Crippen LogP contribution in [0.15, 0.2) is 48.2 Å². The van der Waals surface area contributed by atoms with E-state index in [1.165, 1.54) is 0 Å². The van der Waals surface area contributed by atoms with Crippen LogP contribution in [0.1, 0.15) is 16.9 Å². The molecule has 0 aromatic carbocycles. The Balaban J connectivity index is 0.000000317. The van der Waals surface area contributed by atoms with Crippen LogP contribution < -0.4 is 5.32 Å². The molecular formula is C21H20F6N6O5S. The lowest BCUT2D eigenvalue weighted by molar-refractivity contribution is -0.193. The Morgan fingerprint density at radius 2 is 1.64 bits per heavy atom. The second kappa shape index (κ2) is 14.3. The van der Waals surface area contributed by atoms with Gasteiger partial charge in [-0.2, -0.15) is 26.3 Å². The largest absolute Gasteiger partial charge is 0.490 e. The number of ether oxygens (including phenoxy) is 1. The average molecular weight is 582 g/mol. The Morgan fingerprint density at radius 3 is 2.18 bits per heavy atom. The Kier molecular flexibility index (Phi) is 11.5. The highest BCUT2D eigenvalue weighted by Gasteiger charge is 2.38. The molecule has 0 bridgehead atoms. The number of hydrogen-bond donors (Lipinski definition) is 3. The van der Waals surface area contributed by atoms with Crippen LogP contribution in [-0.4, -0.2) is 79.1 Å². The fourth-order valence-corrected chi connectivity index (χ4v) is 3.38. The van der Waals surface area contributed by atoms with Crippen LogP contribution in [0.3, 0.4) is 0 Å². The van der Waals surface area contributed by atoms with E-state index >= 15 is 0 Å². The van der Waals surface area contributed by atoms with E-state index < -0.39 is 24.3 Å². The number of carboxylic acid groups (broad SMARTS) is 2. The number of halogens is 6. The van der Waals surface area contributed by atoms with Gasteiger partial charge in [0.1, 0.15) is 22.5 Å². The molecule has 212 valence electrons. The van der Waals surface area contributed by atoms with Gasteiger partial charge in [0.25, 0.3) is 0 Å². The lowest BCUT2D eigenvalue weighted by atomic mass is 10.2. The summed E-state index contributed by atoms with van der Waals surface area (Å²) in [5.41, 5.74) is 0. The molecule has 18 heteroatoms. The summed E-state index contributed by atoms with van der Waals surface area (Å²) in [5, 5.41) is 20.6. The van der Waals surface area contributed by atoms with Crippen molar-refractivity contribution in [3.05, 3.63) is 59.1 Å². The molecule has 3 N–H and O–H groups in total. The van der Waals surface area contributed by atoms with E-state index in [-0.39, 0.29) is 6.04 Å². The van der Waals surface area contributed by atoms with Gasteiger partial charge in [-0.15, -0.1) is 11.3 Å². The molecule has 39 heavy (non-hydrogen) atoms. The van der Waals surface area contributed by atoms with Crippen molar-refractivity contribution < 1.29 is 50.9 Å². The van der Waals surface area contributed by atoms with Gasteiger partial charge in [-0.3, -0.25) is 4.90 Å². The monoisotopic (exact) mass is 582 g/mol. The third-order valence-corrected chi connectivity index (χ3v) is 5.20. The zero-order chi connectivity index (χ0) is 29.1. The summed E-state index contributed by atoms with van der Waals surface area (Å²) in [4.78, 5) is 37.9. The summed E-state index contributed by atoms with van der Waals surface area (Å²) < 4.78 is 69.1. The van der Waals surface area contributed by atoms with Crippen LogP contribution in [0.2, 0.25) is 0 Å². The van der Waals surface area contributed by atoms with Gasteiger partial charge in [0, 0.05) is 30.5 Å². The van der Waals surface area contributed by atoms with Crippen molar-refractivity contribution in [1.82, 2.24) is 24.8 Å². The first-order valence-corrected chi connectivity index (χ1v) is 11.5. The van der Waals surface area contributed by atoms with Crippen LogP contribution in [0.4, 0.5) is 38.0 Å². The number of aromatic nitrogens is 4. The minimum absolute atomic E-state index is 0.0168. The average Bonchev–Trinajstić information content (AvgIpc) is 3.38. The normalized spacial score (nSPS) is 15.7. The Morgan fingerprint density at radius 1 is 0.974 bits per heavy atom. The second-order valence-corrected chi connectivity index (χ2v) is 8.21. The van der Waals surface area contributed by atoms with Crippen molar-refractivity contribution in [3.63, 3.8) is 0 Å². The smallest absolute Gasteiger partial charge is 0.475 e. The molecule has 0 amide bonds. The van der Waals surface area contributed by atoms with Crippen molar-refractivity contribution in [2.24, 2.45) is 0 Å². The Labute approximate surface area is 220 Å². The number of carbonyl (C=O) groups is 2. The first-order chi connectivity index (χ1) is 18.3. The molecule has 0 spiro atoms. The lowest BCUT2D eigenvalue weighted by Gasteiger charge is -2.33. The molecule has 4 rings (SSSR count). The quantitative estimate of drug-likeness (QED) is 0.376. The molecule has 3 aromatic heterocycles. The topological polar surface area (TPSA) is 151 Å². The first-order valence-electron chi connectivity index (χ1n) is 10.6. The minimum atomic E-state index is -5.08. The van der Waals surface area contributed by atoms with Crippen LogP contribution in [0.5, 0.6) is 0 Å². The van der Waals surface area contributed by atoms with Gasteiger partial charge in [0.15, 0.2) is 0 Å². The van der Waals surface area contributed by atoms with Crippen molar-refractivity contribution in [2.45, 2.75) is 24.9 Å². The number of morpholine rings is 1. The molecular weight excluding hydrogens is 562 g/mol. The second-order valence-electron chi connectivity index (χ2n) is 7.23. The van der Waals surface area contributed by atoms with E-state index in [1.54, 1.807) is 23.7 Å². The van der Waals surface area contributed by atoms with Gasteiger partial charge in [0.2, 0.25) is 0 Å². The number of aliphatic carboxylic acids is 2. The molecule has 11 nitrogen and oxygen atoms in total. The number of rotatable bonds is 5. The molecule has 4 heterocycles. The summed E-state index contributed by atoms with van der Waals surface area (Å²) in [6.45, 7) is 2.92. The van der Waals surface area contributed by atoms with E-state index in [1.807, 2.05) is 35.8 Å². The van der Waals surface area contributed by atoms with Gasteiger partial charge in [-0.1, -0.05) is 6.07 Å². The van der Waals surface area contributed by atoms with Crippen LogP contribution >= 0.6 is 11.3 Å². The lowest BCUT2D eigenvalue weighted by Crippen LogP contribution is -2.39. The number of nitrogens with one attached hydrogen (secondary N) is 1. The Bertz CT molecular complexity index is 1160. The zero-order valence-electron chi connectivity index (χ0n) is 19.6. The van der Waals surface area contributed by atoms with E-state index in [4.69, 9.17) is 24.5 Å². The summed E-state index contributed by atoms with van der Waals surface area (Å²) in [6, 6.07) is 7.57. The van der Waals surface area contributed by atoms with Gasteiger partial charge in [-0.25, -0.2) is 29.5 Å². The zero-order valence-corrected chi connectivity index (χ0v) is 20.4. The first kappa shape index (κ1) is 31.3. The Hall–Kier alpha value is -3.90. The maximum atomic E-state index is 10.6. The highest BCUT2D eigenvalue weighted by Crippen LogP contribution is 2.25. The molecule has 1 aliphatic rings. The highest BCUT2D eigenvalue weighted by molar-refractivity contribution is 7.09. The molecule has 1 saturated heterocycles. The number of carboxylic acids is 2. The maximum Gasteiger partial charge on any atom is 0.490 e. The van der Waals surface area contributed by atoms with Crippen LogP contribution in [-0.2, 0) is 20.9 Å². The molecule has 0 radical (unpaired) electrons. The molecule has 1 unspecified atom stereocenters. The van der Waals surface area contributed by atoms with E-state index in [0.29, 0.717) is 13.2 Å². The molecule has 1 aliphatic heterocycles. The molecule has 0 saturated carbocycles. The highest BCUT2D eigenvalue weighted by atomic mass is 32.1. The van der Waals surface area contributed by atoms with Crippen molar-refractivity contribution in [1.29, 1.82) is 0 Å². The molecule has 3 aromatic rings. The van der Waals surface area contributed by atoms with E-state index in [0.717, 1.165) is 35.6 Å². The number of pyridine rings is 1. The summed E-state index contributed by atoms with van der Waals surface area (Å²) in [7, 11) is 0. The third-order valence-electron chi connectivity index (χ3n) is 4.44. The summed E-state index contributed by atoms with van der Waals surface area (Å²) >= 11 is 1.66. The standard InChI is InChI=1S/C17H18N6OS.2C2HF3O2/c1-2-5-18-14(3-1)21-15-4-6-20-17(22-15)13-12-24-9-8-23(13)11-16-19-7-10-25-16;2*3-2(4,5)1(6)7/h1-7,10,13H,8-9,11-12H2,(H,18,20,21,22);2*(H,6,7). The molecule has 1 fully saturated rings. The van der Waals surface area contributed by atoms with Gasteiger partial charge < -0.3 is 20.3 Å². The molecule has 1 atom stereocenters. The SMILES string of the molecule is O=C(O)C(F)(F)F.O=C(O)C(F)(F)F.c1ccc(Nc2ccnc(C3COCCN3Cc3nccs3)n2)nc1. The fraction of sp³-hybridized carbons (Fsp3) is 0.333. The number of nitrogens with zero attached hydrogens (tertiary/aromatic N) is 5. The van der Waals surface area contributed by atoms with E-state index in [9.17, 15) is 26.3 Å². The van der Waals surface area contributed by atoms with Crippen molar-refractivity contribution >= 4 is 34.9 Å². The predicted octanol–water partition coefficient (Wildman–Crippen LogP) is 3.91. The van der Waals surface area contributed by atoms with Crippen LogP contribution in [0, 0.1) is 0 Å². The molecule has 0 aliphatic carbocycles.